The van der Waals surface area contributed by atoms with Gasteiger partial charge in [-0.15, -0.1) is 10.2 Å². The van der Waals surface area contributed by atoms with Gasteiger partial charge in [-0.05, 0) is 41.5 Å². The highest BCUT2D eigenvalue weighted by atomic mass is 32.2. The van der Waals surface area contributed by atoms with E-state index < -0.39 is 0 Å². The number of amides is 1. The maximum Gasteiger partial charge on any atom is 0.230 e. The number of hydrogen-bond donors (Lipinski definition) is 1. The molecule has 0 bridgehead atoms. The highest BCUT2D eigenvalue weighted by Crippen LogP contribution is 2.21. The number of morpholine rings is 1. The summed E-state index contributed by atoms with van der Waals surface area (Å²) in [6, 6.07) is 0.282. The second kappa shape index (κ2) is 8.51. The van der Waals surface area contributed by atoms with Crippen molar-refractivity contribution in [3.8, 4) is 0 Å². The summed E-state index contributed by atoms with van der Waals surface area (Å²) in [5.41, 5.74) is -0.107. The van der Waals surface area contributed by atoms with E-state index in [0.29, 0.717) is 12.3 Å². The highest BCUT2D eigenvalue weighted by molar-refractivity contribution is 7.99. The Hall–Kier alpha value is -1.12. The third-order valence-electron chi connectivity index (χ3n) is 4.42. The zero-order valence-corrected chi connectivity index (χ0v) is 17.0. The number of ether oxygens (including phenoxy) is 1. The van der Waals surface area contributed by atoms with Gasteiger partial charge in [-0.3, -0.25) is 9.69 Å². The van der Waals surface area contributed by atoms with Gasteiger partial charge in [0.25, 0.3) is 0 Å². The first-order valence-electron chi connectivity index (χ1n) is 8.88. The molecule has 0 aromatic carbocycles. The molecular weight excluding hydrogens is 338 g/mol. The van der Waals surface area contributed by atoms with Crippen LogP contribution in [0, 0.1) is 0 Å². The highest BCUT2D eigenvalue weighted by Gasteiger charge is 2.33. The van der Waals surface area contributed by atoms with Crippen molar-refractivity contribution in [3.63, 3.8) is 0 Å². The molecule has 8 heteroatoms. The van der Waals surface area contributed by atoms with Gasteiger partial charge in [0.15, 0.2) is 5.16 Å². The predicted octanol–water partition coefficient (Wildman–Crippen LogP) is 1.96. The van der Waals surface area contributed by atoms with Crippen molar-refractivity contribution in [1.29, 1.82) is 0 Å². The van der Waals surface area contributed by atoms with Crippen LogP contribution in [0.1, 0.15) is 47.6 Å². The van der Waals surface area contributed by atoms with E-state index in [2.05, 4.69) is 62.0 Å². The van der Waals surface area contributed by atoms with Crippen molar-refractivity contribution in [2.45, 2.75) is 70.5 Å². The molecule has 1 N–H and O–H groups in total. The molecule has 1 aliphatic heterocycles. The van der Waals surface area contributed by atoms with Crippen LogP contribution < -0.4 is 5.32 Å². The summed E-state index contributed by atoms with van der Waals surface area (Å²) < 4.78 is 7.77. The maximum atomic E-state index is 12.2. The van der Waals surface area contributed by atoms with Gasteiger partial charge in [0, 0.05) is 31.2 Å². The topological polar surface area (TPSA) is 72.3 Å². The number of rotatable bonds is 7. The number of thioether (sulfide) groups is 1. The van der Waals surface area contributed by atoms with Crippen LogP contribution in [-0.4, -0.2) is 68.7 Å². The lowest BCUT2D eigenvalue weighted by Crippen LogP contribution is -2.58. The Labute approximate surface area is 154 Å². The van der Waals surface area contributed by atoms with Crippen LogP contribution in [0.4, 0.5) is 0 Å². The molecular formula is C17H31N5O2S. The molecule has 2 heterocycles. The number of carbonyl (C=O) groups is 1. The third kappa shape index (κ3) is 5.69. The molecule has 2 atom stereocenters. The zero-order valence-electron chi connectivity index (χ0n) is 16.2. The lowest BCUT2D eigenvalue weighted by molar-refractivity contribution is -0.120. The number of hydrogen-bond acceptors (Lipinski definition) is 6. The summed E-state index contributed by atoms with van der Waals surface area (Å²) in [6.07, 6.45) is 2.14. The van der Waals surface area contributed by atoms with Gasteiger partial charge in [-0.1, -0.05) is 11.8 Å². The molecule has 1 aromatic rings. The van der Waals surface area contributed by atoms with E-state index in [9.17, 15) is 4.79 Å². The van der Waals surface area contributed by atoms with Crippen molar-refractivity contribution in [3.05, 3.63) is 6.33 Å². The van der Waals surface area contributed by atoms with Crippen LogP contribution in [0.5, 0.6) is 0 Å². The fourth-order valence-corrected chi connectivity index (χ4v) is 3.84. The van der Waals surface area contributed by atoms with Gasteiger partial charge in [-0.25, -0.2) is 0 Å². The summed E-state index contributed by atoms with van der Waals surface area (Å²) in [6.45, 7) is 15.1. The predicted molar refractivity (Wildman–Crippen MR) is 99.8 cm³/mol. The number of carbonyl (C=O) groups excluding carboxylic acids is 1. The quantitative estimate of drug-likeness (QED) is 0.741. The summed E-state index contributed by atoms with van der Waals surface area (Å²) >= 11 is 1.42. The molecule has 1 amide bonds. The first-order valence-corrected chi connectivity index (χ1v) is 9.87. The van der Waals surface area contributed by atoms with Crippen molar-refractivity contribution < 1.29 is 9.53 Å². The molecule has 0 aliphatic carbocycles. The van der Waals surface area contributed by atoms with E-state index in [0.717, 1.165) is 18.2 Å². The summed E-state index contributed by atoms with van der Waals surface area (Å²) in [5.74, 6) is 0.364. The van der Waals surface area contributed by atoms with Crippen molar-refractivity contribution in [1.82, 2.24) is 25.0 Å². The second-order valence-corrected chi connectivity index (χ2v) is 8.60. The number of nitrogens with one attached hydrogen (secondary N) is 1. The molecule has 142 valence electrons. The Bertz CT molecular complexity index is 565. The normalized spacial score (nSPS) is 22.4. The minimum atomic E-state index is -0.107. The molecule has 1 aliphatic rings. The van der Waals surface area contributed by atoms with Gasteiger partial charge >= 0.3 is 0 Å². The van der Waals surface area contributed by atoms with E-state index >= 15 is 0 Å². The summed E-state index contributed by atoms with van der Waals surface area (Å²) in [5, 5.41) is 11.8. The SMILES string of the molecule is CC1CN(C(C)(C)CNC(=O)CSc2nncn2C(C)C)CC(C)O1. The Balaban J connectivity index is 1.81. The molecule has 0 radical (unpaired) electrons. The summed E-state index contributed by atoms with van der Waals surface area (Å²) in [7, 11) is 0. The average molecular weight is 370 g/mol. The van der Waals surface area contributed by atoms with Gasteiger partial charge < -0.3 is 14.6 Å². The Kier molecular flexibility index (Phi) is 6.87. The van der Waals surface area contributed by atoms with Crippen LogP contribution in [0.25, 0.3) is 0 Å². The largest absolute Gasteiger partial charge is 0.373 e. The van der Waals surface area contributed by atoms with Crippen molar-refractivity contribution in [2.24, 2.45) is 0 Å². The fourth-order valence-electron chi connectivity index (χ4n) is 2.97. The molecule has 1 saturated heterocycles. The van der Waals surface area contributed by atoms with E-state index in [1.165, 1.54) is 11.8 Å². The molecule has 1 aromatic heterocycles. The van der Waals surface area contributed by atoms with Crippen LogP contribution in [0.15, 0.2) is 11.5 Å². The standard InChI is InChI=1S/C17H31N5O2S/c1-12(2)22-11-19-20-16(22)25-9-15(23)18-10-17(5,6)21-7-13(3)24-14(4)8-21/h11-14H,7-10H2,1-6H3,(H,18,23). The van der Waals surface area contributed by atoms with Gasteiger partial charge in [0.1, 0.15) is 6.33 Å². The van der Waals surface area contributed by atoms with Gasteiger partial charge in [-0.2, -0.15) is 0 Å². The first kappa shape index (κ1) is 20.2. The Morgan fingerprint density at radius 2 is 2.04 bits per heavy atom. The van der Waals surface area contributed by atoms with E-state index in [4.69, 9.17) is 4.74 Å². The molecule has 1 fully saturated rings. The van der Waals surface area contributed by atoms with E-state index in [-0.39, 0.29) is 29.7 Å². The lowest BCUT2D eigenvalue weighted by Gasteiger charge is -2.45. The van der Waals surface area contributed by atoms with Crippen LogP contribution in [0.2, 0.25) is 0 Å². The first-order chi connectivity index (χ1) is 11.7. The molecule has 7 nitrogen and oxygen atoms in total. The minimum Gasteiger partial charge on any atom is -0.373 e. The minimum absolute atomic E-state index is 0.0192. The van der Waals surface area contributed by atoms with Crippen LogP contribution in [0.3, 0.4) is 0 Å². The lowest BCUT2D eigenvalue weighted by atomic mass is 10.00. The number of nitrogens with zero attached hydrogens (tertiary/aromatic N) is 4. The average Bonchev–Trinajstić information content (AvgIpc) is 2.99. The summed E-state index contributed by atoms with van der Waals surface area (Å²) in [4.78, 5) is 14.6. The van der Waals surface area contributed by atoms with Crippen molar-refractivity contribution >= 4 is 17.7 Å². The number of aromatic nitrogens is 3. The second-order valence-electron chi connectivity index (χ2n) is 7.65. The third-order valence-corrected chi connectivity index (χ3v) is 5.38. The Morgan fingerprint density at radius 1 is 1.40 bits per heavy atom. The molecule has 25 heavy (non-hydrogen) atoms. The van der Waals surface area contributed by atoms with E-state index in [1.54, 1.807) is 6.33 Å². The molecule has 0 spiro atoms. The van der Waals surface area contributed by atoms with Crippen molar-refractivity contribution in [2.75, 3.05) is 25.4 Å². The van der Waals surface area contributed by atoms with Crippen LogP contribution in [-0.2, 0) is 9.53 Å². The molecule has 2 unspecified atom stereocenters. The smallest absolute Gasteiger partial charge is 0.230 e. The van der Waals surface area contributed by atoms with Gasteiger partial charge in [0.05, 0.1) is 18.0 Å². The monoisotopic (exact) mass is 369 g/mol. The van der Waals surface area contributed by atoms with E-state index in [1.807, 2.05) is 4.57 Å². The fraction of sp³-hybridized carbons (Fsp3) is 0.824. The maximum absolute atomic E-state index is 12.2. The zero-order chi connectivity index (χ0) is 18.6. The Morgan fingerprint density at radius 3 is 2.64 bits per heavy atom. The van der Waals surface area contributed by atoms with Crippen LogP contribution >= 0.6 is 11.8 Å². The molecule has 0 saturated carbocycles. The van der Waals surface area contributed by atoms with Gasteiger partial charge in [0.2, 0.25) is 5.91 Å². The molecule has 2 rings (SSSR count).